The molecule has 1 saturated heterocycles. The van der Waals surface area contributed by atoms with Gasteiger partial charge in [-0.25, -0.2) is 0 Å². The molecule has 2 rings (SSSR count). The van der Waals surface area contributed by atoms with E-state index in [-0.39, 0.29) is 23.1 Å². The van der Waals surface area contributed by atoms with Gasteiger partial charge in [-0.15, -0.1) is 0 Å². The van der Waals surface area contributed by atoms with Gasteiger partial charge in [0.1, 0.15) is 5.56 Å². The Bertz CT molecular complexity index is 481. The zero-order valence-corrected chi connectivity index (χ0v) is 10.1. The highest BCUT2D eigenvalue weighted by Crippen LogP contribution is 2.07. The SMILES string of the molecule is Cc1ccc(C(=O)N2CCNCC2C)c(=O)[nH]1. The predicted molar refractivity (Wildman–Crippen MR) is 65.2 cm³/mol. The van der Waals surface area contributed by atoms with E-state index in [9.17, 15) is 9.59 Å². The van der Waals surface area contributed by atoms with Crippen LogP contribution in [0.15, 0.2) is 16.9 Å². The maximum atomic E-state index is 12.2. The van der Waals surface area contributed by atoms with Crippen molar-refractivity contribution in [1.29, 1.82) is 0 Å². The van der Waals surface area contributed by atoms with Gasteiger partial charge in [0.25, 0.3) is 11.5 Å². The smallest absolute Gasteiger partial charge is 0.260 e. The van der Waals surface area contributed by atoms with E-state index in [4.69, 9.17) is 0 Å². The van der Waals surface area contributed by atoms with Gasteiger partial charge in [-0.3, -0.25) is 9.59 Å². The third kappa shape index (κ3) is 2.39. The molecule has 5 nitrogen and oxygen atoms in total. The summed E-state index contributed by atoms with van der Waals surface area (Å²) in [5.41, 5.74) is 0.685. The lowest BCUT2D eigenvalue weighted by Crippen LogP contribution is -2.53. The summed E-state index contributed by atoms with van der Waals surface area (Å²) in [7, 11) is 0. The highest BCUT2D eigenvalue weighted by molar-refractivity contribution is 5.94. The molecule has 1 amide bonds. The molecule has 5 heteroatoms. The molecule has 0 bridgehead atoms. The summed E-state index contributed by atoms with van der Waals surface area (Å²) in [5, 5.41) is 3.21. The number of hydrogen-bond acceptors (Lipinski definition) is 3. The van der Waals surface area contributed by atoms with Crippen LogP contribution < -0.4 is 10.9 Å². The zero-order chi connectivity index (χ0) is 12.4. The fourth-order valence-electron chi connectivity index (χ4n) is 2.04. The number of hydrogen-bond donors (Lipinski definition) is 2. The second-order valence-electron chi connectivity index (χ2n) is 4.44. The minimum Gasteiger partial charge on any atom is -0.333 e. The van der Waals surface area contributed by atoms with Crippen LogP contribution >= 0.6 is 0 Å². The standard InChI is InChI=1S/C12H17N3O2/c1-8-3-4-10(11(16)14-8)12(17)15-6-5-13-7-9(15)2/h3-4,9,13H,5-7H2,1-2H3,(H,14,16). The number of pyridine rings is 1. The van der Waals surface area contributed by atoms with Crippen LogP contribution in [0.4, 0.5) is 0 Å². The van der Waals surface area contributed by atoms with Crippen LogP contribution in [0.2, 0.25) is 0 Å². The van der Waals surface area contributed by atoms with E-state index in [1.54, 1.807) is 24.0 Å². The number of nitrogens with zero attached hydrogens (tertiary/aromatic N) is 1. The average molecular weight is 235 g/mol. The van der Waals surface area contributed by atoms with E-state index in [0.29, 0.717) is 6.54 Å². The summed E-state index contributed by atoms with van der Waals surface area (Å²) in [5.74, 6) is -0.180. The highest BCUT2D eigenvalue weighted by atomic mass is 16.2. The maximum absolute atomic E-state index is 12.2. The van der Waals surface area contributed by atoms with E-state index in [0.717, 1.165) is 18.8 Å². The first kappa shape index (κ1) is 11.9. The maximum Gasteiger partial charge on any atom is 0.260 e. The largest absolute Gasteiger partial charge is 0.333 e. The van der Waals surface area contributed by atoms with Crippen molar-refractivity contribution in [3.63, 3.8) is 0 Å². The first-order valence-electron chi connectivity index (χ1n) is 5.81. The van der Waals surface area contributed by atoms with Gasteiger partial charge in [0.15, 0.2) is 0 Å². The molecule has 1 unspecified atom stereocenters. The monoisotopic (exact) mass is 235 g/mol. The summed E-state index contributed by atoms with van der Waals surface area (Å²) in [4.78, 5) is 28.3. The second-order valence-corrected chi connectivity index (χ2v) is 4.44. The number of rotatable bonds is 1. The van der Waals surface area contributed by atoms with E-state index in [1.165, 1.54) is 0 Å². The van der Waals surface area contributed by atoms with Crippen molar-refractivity contribution in [3.05, 3.63) is 33.7 Å². The van der Waals surface area contributed by atoms with Crippen molar-refractivity contribution < 1.29 is 4.79 Å². The van der Waals surface area contributed by atoms with Gasteiger partial charge in [0.05, 0.1) is 0 Å². The van der Waals surface area contributed by atoms with Gasteiger partial charge >= 0.3 is 0 Å². The summed E-state index contributed by atoms with van der Waals surface area (Å²) in [6, 6.07) is 3.48. The molecule has 1 aromatic heterocycles. The van der Waals surface area contributed by atoms with Crippen LogP contribution in [-0.2, 0) is 0 Å². The lowest BCUT2D eigenvalue weighted by atomic mass is 10.1. The molecular formula is C12H17N3O2. The number of aromatic amines is 1. The third-order valence-electron chi connectivity index (χ3n) is 3.05. The Kier molecular flexibility index (Phi) is 3.28. The number of aryl methyl sites for hydroxylation is 1. The minimum absolute atomic E-state index is 0.122. The molecule has 92 valence electrons. The minimum atomic E-state index is -0.305. The molecule has 0 radical (unpaired) electrons. The molecule has 1 atom stereocenters. The van der Waals surface area contributed by atoms with Crippen molar-refractivity contribution in [3.8, 4) is 0 Å². The Balaban J connectivity index is 2.27. The van der Waals surface area contributed by atoms with Crippen molar-refractivity contribution in [2.24, 2.45) is 0 Å². The molecule has 1 aliphatic heterocycles. The van der Waals surface area contributed by atoms with Crippen LogP contribution in [-0.4, -0.2) is 41.5 Å². The van der Waals surface area contributed by atoms with Gasteiger partial charge in [-0.1, -0.05) is 0 Å². The number of carbonyl (C=O) groups excluding carboxylic acids is 1. The van der Waals surface area contributed by atoms with Crippen LogP contribution in [0, 0.1) is 6.92 Å². The van der Waals surface area contributed by atoms with Gasteiger partial charge in [0, 0.05) is 31.4 Å². The predicted octanol–water partition coefficient (Wildman–Crippen LogP) is 0.117. The average Bonchev–Trinajstić information content (AvgIpc) is 2.29. The zero-order valence-electron chi connectivity index (χ0n) is 10.1. The van der Waals surface area contributed by atoms with Gasteiger partial charge in [-0.2, -0.15) is 0 Å². The van der Waals surface area contributed by atoms with Crippen molar-refractivity contribution in [2.45, 2.75) is 19.9 Å². The van der Waals surface area contributed by atoms with Crippen molar-refractivity contribution in [2.75, 3.05) is 19.6 Å². The van der Waals surface area contributed by atoms with Gasteiger partial charge < -0.3 is 15.2 Å². The lowest BCUT2D eigenvalue weighted by molar-refractivity contribution is 0.0654. The Morgan fingerprint density at radius 2 is 2.24 bits per heavy atom. The topological polar surface area (TPSA) is 65.2 Å². The quantitative estimate of drug-likeness (QED) is 0.726. The number of aromatic nitrogens is 1. The molecule has 2 N–H and O–H groups in total. The molecule has 0 saturated carbocycles. The third-order valence-corrected chi connectivity index (χ3v) is 3.05. The van der Waals surface area contributed by atoms with Crippen LogP contribution in [0.5, 0.6) is 0 Å². The first-order valence-corrected chi connectivity index (χ1v) is 5.81. The molecular weight excluding hydrogens is 218 g/mol. The number of amides is 1. The summed E-state index contributed by atoms with van der Waals surface area (Å²) < 4.78 is 0. The molecule has 1 aliphatic rings. The second kappa shape index (κ2) is 4.71. The Hall–Kier alpha value is -1.62. The number of H-pyrrole nitrogens is 1. The van der Waals surface area contributed by atoms with Crippen LogP contribution in [0.1, 0.15) is 23.0 Å². The fraction of sp³-hybridized carbons (Fsp3) is 0.500. The normalized spacial score (nSPS) is 20.4. The fourth-order valence-corrected chi connectivity index (χ4v) is 2.04. The van der Waals surface area contributed by atoms with E-state index < -0.39 is 0 Å². The Morgan fingerprint density at radius 3 is 2.88 bits per heavy atom. The van der Waals surface area contributed by atoms with E-state index >= 15 is 0 Å². The molecule has 1 fully saturated rings. The lowest BCUT2D eigenvalue weighted by Gasteiger charge is -2.33. The first-order chi connectivity index (χ1) is 8.09. The summed E-state index contributed by atoms with van der Waals surface area (Å²) in [6.45, 7) is 5.97. The molecule has 2 heterocycles. The van der Waals surface area contributed by atoms with E-state index in [2.05, 4.69) is 10.3 Å². The molecule has 0 spiro atoms. The molecule has 17 heavy (non-hydrogen) atoms. The summed E-state index contributed by atoms with van der Waals surface area (Å²) >= 11 is 0. The van der Waals surface area contributed by atoms with E-state index in [1.807, 2.05) is 6.92 Å². The number of piperazine rings is 1. The molecule has 1 aromatic rings. The Labute approximate surface area is 99.8 Å². The molecule has 0 aromatic carbocycles. The Morgan fingerprint density at radius 1 is 1.47 bits per heavy atom. The van der Waals surface area contributed by atoms with Crippen molar-refractivity contribution in [1.82, 2.24) is 15.2 Å². The van der Waals surface area contributed by atoms with Crippen LogP contribution in [0.3, 0.4) is 0 Å². The summed E-state index contributed by atoms with van der Waals surface area (Å²) in [6.07, 6.45) is 0. The van der Waals surface area contributed by atoms with Crippen LogP contribution in [0.25, 0.3) is 0 Å². The number of nitrogens with one attached hydrogen (secondary N) is 2. The molecule has 0 aliphatic carbocycles. The number of carbonyl (C=O) groups is 1. The van der Waals surface area contributed by atoms with Gasteiger partial charge in [-0.05, 0) is 26.0 Å². The van der Waals surface area contributed by atoms with Gasteiger partial charge in [0.2, 0.25) is 0 Å². The van der Waals surface area contributed by atoms with Crippen molar-refractivity contribution >= 4 is 5.91 Å². The highest BCUT2D eigenvalue weighted by Gasteiger charge is 2.25.